The van der Waals surface area contributed by atoms with E-state index in [1.807, 2.05) is 36.4 Å². The first-order valence-corrected chi connectivity index (χ1v) is 12.9. The standard InChI is InChI=1S/C26H26N4O5S/c1-34-20-13-19(14-21(16-20)35-2)28-26-25(29-23-9-3-4-10-24(23)30-26)11-6-12-36(32,33)22-8-5-7-18(15-22)27-17-31/h3-5,7-10,13-17H,6,11-12H2,1-2H3,(H,27,31)(H,28,30). The smallest absolute Gasteiger partial charge is 0.211 e. The van der Waals surface area contributed by atoms with Gasteiger partial charge in [0.1, 0.15) is 11.5 Å². The topological polar surface area (TPSA) is 120 Å². The van der Waals surface area contributed by atoms with Crippen LogP contribution in [0.5, 0.6) is 11.5 Å². The molecule has 2 N–H and O–H groups in total. The summed E-state index contributed by atoms with van der Waals surface area (Å²) in [7, 11) is -0.412. The van der Waals surface area contributed by atoms with Gasteiger partial charge in [-0.05, 0) is 43.2 Å². The molecule has 0 atom stereocenters. The van der Waals surface area contributed by atoms with Gasteiger partial charge in [0.25, 0.3) is 0 Å². The lowest BCUT2D eigenvalue weighted by Gasteiger charge is -2.14. The van der Waals surface area contributed by atoms with Crippen molar-refractivity contribution in [2.24, 2.45) is 0 Å². The molecule has 0 spiro atoms. The molecule has 0 aliphatic heterocycles. The van der Waals surface area contributed by atoms with Gasteiger partial charge < -0.3 is 20.1 Å². The van der Waals surface area contributed by atoms with E-state index < -0.39 is 9.84 Å². The summed E-state index contributed by atoms with van der Waals surface area (Å²) in [6.07, 6.45) is 1.22. The molecule has 0 fully saturated rings. The number of amides is 1. The summed E-state index contributed by atoms with van der Waals surface area (Å²) in [6.45, 7) is 0. The van der Waals surface area contributed by atoms with Crippen molar-refractivity contribution in [3.8, 4) is 11.5 Å². The second-order valence-electron chi connectivity index (χ2n) is 7.95. The Morgan fingerprint density at radius 2 is 1.56 bits per heavy atom. The van der Waals surface area contributed by atoms with E-state index in [1.165, 1.54) is 12.1 Å². The highest BCUT2D eigenvalue weighted by molar-refractivity contribution is 7.91. The lowest BCUT2D eigenvalue weighted by Crippen LogP contribution is -2.10. The lowest BCUT2D eigenvalue weighted by atomic mass is 10.2. The number of hydrogen-bond donors (Lipinski definition) is 2. The van der Waals surface area contributed by atoms with Crippen molar-refractivity contribution < 1.29 is 22.7 Å². The van der Waals surface area contributed by atoms with E-state index in [9.17, 15) is 13.2 Å². The summed E-state index contributed by atoms with van der Waals surface area (Å²) in [4.78, 5) is 20.3. The maximum absolute atomic E-state index is 12.9. The van der Waals surface area contributed by atoms with Crippen LogP contribution in [0.25, 0.3) is 11.0 Å². The van der Waals surface area contributed by atoms with Gasteiger partial charge >= 0.3 is 0 Å². The number of carbonyl (C=O) groups excluding carboxylic acids is 1. The number of methoxy groups -OCH3 is 2. The Morgan fingerprint density at radius 1 is 0.861 bits per heavy atom. The number of aryl methyl sites for hydroxylation is 1. The number of carbonyl (C=O) groups is 1. The molecule has 0 saturated heterocycles. The van der Waals surface area contributed by atoms with Crippen LogP contribution in [0.15, 0.2) is 71.6 Å². The van der Waals surface area contributed by atoms with Crippen LogP contribution in [0.2, 0.25) is 0 Å². The number of ether oxygens (including phenoxy) is 2. The van der Waals surface area contributed by atoms with E-state index in [2.05, 4.69) is 10.6 Å². The SMILES string of the molecule is COc1cc(Nc2nc3ccccc3nc2CCCS(=O)(=O)c2cccc(NC=O)c2)cc(OC)c1. The number of benzene rings is 3. The monoisotopic (exact) mass is 506 g/mol. The van der Waals surface area contributed by atoms with Crippen molar-refractivity contribution in [1.29, 1.82) is 0 Å². The van der Waals surface area contributed by atoms with Crippen LogP contribution < -0.4 is 20.1 Å². The molecule has 0 saturated carbocycles. The van der Waals surface area contributed by atoms with Gasteiger partial charge in [-0.25, -0.2) is 18.4 Å². The third-order valence-electron chi connectivity index (χ3n) is 5.50. The van der Waals surface area contributed by atoms with Crippen LogP contribution in [0, 0.1) is 0 Å². The molecule has 1 amide bonds. The highest BCUT2D eigenvalue weighted by atomic mass is 32.2. The Morgan fingerprint density at radius 3 is 2.22 bits per heavy atom. The van der Waals surface area contributed by atoms with Crippen LogP contribution in [0.4, 0.5) is 17.2 Å². The molecule has 186 valence electrons. The predicted molar refractivity (Wildman–Crippen MR) is 139 cm³/mol. The highest BCUT2D eigenvalue weighted by Gasteiger charge is 2.17. The van der Waals surface area contributed by atoms with E-state index in [-0.39, 0.29) is 10.6 Å². The van der Waals surface area contributed by atoms with Gasteiger partial charge in [0.15, 0.2) is 15.7 Å². The summed E-state index contributed by atoms with van der Waals surface area (Å²) in [5, 5.41) is 5.77. The van der Waals surface area contributed by atoms with E-state index >= 15 is 0 Å². The number of para-hydroxylation sites is 2. The molecule has 4 aromatic rings. The van der Waals surface area contributed by atoms with Gasteiger partial charge in [-0.3, -0.25) is 4.79 Å². The third kappa shape index (κ3) is 5.89. The predicted octanol–water partition coefficient (Wildman–Crippen LogP) is 4.37. The minimum atomic E-state index is -3.56. The average Bonchev–Trinajstić information content (AvgIpc) is 2.89. The highest BCUT2D eigenvalue weighted by Crippen LogP contribution is 2.29. The largest absolute Gasteiger partial charge is 0.497 e. The Labute approximate surface area is 209 Å². The lowest BCUT2D eigenvalue weighted by molar-refractivity contribution is -0.105. The minimum absolute atomic E-state index is 0.0848. The van der Waals surface area contributed by atoms with E-state index in [0.29, 0.717) is 59.2 Å². The van der Waals surface area contributed by atoms with Gasteiger partial charge in [-0.1, -0.05) is 18.2 Å². The van der Waals surface area contributed by atoms with Crippen LogP contribution in [-0.2, 0) is 21.1 Å². The fraction of sp³-hybridized carbons (Fsp3) is 0.192. The number of anilines is 3. The van der Waals surface area contributed by atoms with Crippen molar-refractivity contribution in [2.75, 3.05) is 30.6 Å². The molecule has 0 unspecified atom stereocenters. The fourth-order valence-electron chi connectivity index (χ4n) is 3.72. The van der Waals surface area contributed by atoms with Crippen molar-refractivity contribution in [3.05, 3.63) is 72.4 Å². The number of aromatic nitrogens is 2. The Balaban J connectivity index is 1.59. The molecule has 0 radical (unpaired) electrons. The summed E-state index contributed by atoms with van der Waals surface area (Å²) in [5.74, 6) is 1.67. The van der Waals surface area contributed by atoms with Crippen molar-refractivity contribution in [3.63, 3.8) is 0 Å². The summed E-state index contributed by atoms with van der Waals surface area (Å²) < 4.78 is 36.5. The number of hydrogen-bond acceptors (Lipinski definition) is 8. The molecule has 4 rings (SSSR count). The average molecular weight is 507 g/mol. The maximum atomic E-state index is 12.9. The van der Waals surface area contributed by atoms with Crippen molar-refractivity contribution in [2.45, 2.75) is 17.7 Å². The van der Waals surface area contributed by atoms with E-state index in [4.69, 9.17) is 19.4 Å². The molecule has 3 aromatic carbocycles. The molecule has 0 aliphatic rings. The molecule has 36 heavy (non-hydrogen) atoms. The van der Waals surface area contributed by atoms with Crippen LogP contribution in [0.3, 0.4) is 0 Å². The molecule has 10 heteroatoms. The normalized spacial score (nSPS) is 11.2. The number of nitrogens with one attached hydrogen (secondary N) is 2. The number of fused-ring (bicyclic) bond motifs is 1. The number of sulfone groups is 1. The zero-order chi connectivity index (χ0) is 25.5. The van der Waals surface area contributed by atoms with Crippen LogP contribution >= 0.6 is 0 Å². The van der Waals surface area contributed by atoms with Crippen molar-refractivity contribution >= 4 is 44.5 Å². The Bertz CT molecular complexity index is 1470. The molecule has 0 bridgehead atoms. The maximum Gasteiger partial charge on any atom is 0.211 e. The molecule has 1 aromatic heterocycles. The second kappa shape index (κ2) is 11.0. The Hall–Kier alpha value is -4.18. The molecule has 0 aliphatic carbocycles. The van der Waals surface area contributed by atoms with Crippen molar-refractivity contribution in [1.82, 2.24) is 9.97 Å². The van der Waals surface area contributed by atoms with Gasteiger partial charge in [0, 0.05) is 29.6 Å². The van der Waals surface area contributed by atoms with Gasteiger partial charge in [-0.2, -0.15) is 0 Å². The van der Waals surface area contributed by atoms with Gasteiger partial charge in [-0.15, -0.1) is 0 Å². The number of rotatable bonds is 11. The second-order valence-corrected chi connectivity index (χ2v) is 10.1. The first kappa shape index (κ1) is 24.9. The first-order chi connectivity index (χ1) is 17.4. The summed E-state index contributed by atoms with van der Waals surface area (Å²) in [6, 6.07) is 19.1. The van der Waals surface area contributed by atoms with Crippen LogP contribution in [0.1, 0.15) is 12.1 Å². The Kier molecular flexibility index (Phi) is 7.65. The quantitative estimate of drug-likeness (QED) is 0.288. The zero-order valence-corrected chi connectivity index (χ0v) is 20.7. The molecular weight excluding hydrogens is 480 g/mol. The molecule has 9 nitrogen and oxygen atoms in total. The third-order valence-corrected chi connectivity index (χ3v) is 7.30. The zero-order valence-electron chi connectivity index (χ0n) is 19.9. The molecule has 1 heterocycles. The summed E-state index contributed by atoms with van der Waals surface area (Å²) >= 11 is 0. The first-order valence-electron chi connectivity index (χ1n) is 11.2. The minimum Gasteiger partial charge on any atom is -0.497 e. The van der Waals surface area contributed by atoms with Crippen LogP contribution in [-0.4, -0.2) is 44.8 Å². The molecular formula is C26H26N4O5S. The summed E-state index contributed by atoms with van der Waals surface area (Å²) in [5.41, 5.74) is 3.19. The fourth-order valence-corrected chi connectivity index (χ4v) is 5.07. The number of nitrogens with zero attached hydrogens (tertiary/aromatic N) is 2. The van der Waals surface area contributed by atoms with Gasteiger partial charge in [0.2, 0.25) is 6.41 Å². The van der Waals surface area contributed by atoms with Gasteiger partial charge in [0.05, 0.1) is 41.6 Å². The van der Waals surface area contributed by atoms with E-state index in [1.54, 1.807) is 32.4 Å². The van der Waals surface area contributed by atoms with E-state index in [0.717, 1.165) is 5.52 Å².